The molecule has 0 aliphatic carbocycles. The summed E-state index contributed by atoms with van der Waals surface area (Å²) in [6.45, 7) is 5.28. The van der Waals surface area contributed by atoms with Gasteiger partial charge in [-0.3, -0.25) is 0 Å². The van der Waals surface area contributed by atoms with E-state index in [1.807, 2.05) is 26.2 Å². The summed E-state index contributed by atoms with van der Waals surface area (Å²) in [4.78, 5) is 2.07. The van der Waals surface area contributed by atoms with Gasteiger partial charge in [0.2, 0.25) is 0 Å². The van der Waals surface area contributed by atoms with Crippen LogP contribution in [-0.4, -0.2) is 43.3 Å². The molecule has 3 nitrogen and oxygen atoms in total. The Morgan fingerprint density at radius 3 is 2.42 bits per heavy atom. The number of halogens is 1. The van der Waals surface area contributed by atoms with Gasteiger partial charge in [0.25, 0.3) is 0 Å². The van der Waals surface area contributed by atoms with Gasteiger partial charge >= 0.3 is 0 Å². The Morgan fingerprint density at radius 2 is 1.89 bits per heavy atom. The summed E-state index contributed by atoms with van der Waals surface area (Å²) in [6, 6.07) is 6.84. The van der Waals surface area contributed by atoms with E-state index in [-0.39, 0.29) is 23.9 Å². The standard InChI is InChI=1S/C15H25FN2O/c1-11(9-18(4)10-12(2)19)15(17-3)13-7-5-6-8-14(13)16/h5-8,11-12,15,17,19H,9-10H2,1-4H3. The van der Waals surface area contributed by atoms with Crippen molar-refractivity contribution in [3.63, 3.8) is 0 Å². The van der Waals surface area contributed by atoms with Crippen molar-refractivity contribution in [2.45, 2.75) is 26.0 Å². The van der Waals surface area contributed by atoms with Crippen LogP contribution in [0.4, 0.5) is 4.39 Å². The molecule has 0 aliphatic rings. The topological polar surface area (TPSA) is 35.5 Å². The van der Waals surface area contributed by atoms with Crippen molar-refractivity contribution in [1.82, 2.24) is 10.2 Å². The monoisotopic (exact) mass is 268 g/mol. The molecule has 0 bridgehead atoms. The Balaban J connectivity index is 2.72. The molecule has 0 aromatic heterocycles. The highest BCUT2D eigenvalue weighted by Crippen LogP contribution is 2.24. The first-order valence-corrected chi connectivity index (χ1v) is 6.74. The van der Waals surface area contributed by atoms with Crippen molar-refractivity contribution < 1.29 is 9.50 Å². The molecule has 0 saturated heterocycles. The van der Waals surface area contributed by atoms with E-state index < -0.39 is 0 Å². The van der Waals surface area contributed by atoms with Gasteiger partial charge in [-0.25, -0.2) is 4.39 Å². The van der Waals surface area contributed by atoms with E-state index in [0.29, 0.717) is 12.1 Å². The molecule has 0 radical (unpaired) electrons. The fourth-order valence-electron chi connectivity index (χ4n) is 2.60. The Labute approximate surface area is 115 Å². The number of aliphatic hydroxyl groups excluding tert-OH is 1. The quantitative estimate of drug-likeness (QED) is 0.794. The zero-order chi connectivity index (χ0) is 14.4. The van der Waals surface area contributed by atoms with Crippen molar-refractivity contribution >= 4 is 0 Å². The number of hydrogen-bond donors (Lipinski definition) is 2. The van der Waals surface area contributed by atoms with Crippen molar-refractivity contribution in [3.05, 3.63) is 35.6 Å². The molecule has 3 unspecified atom stereocenters. The van der Waals surface area contributed by atoms with Gasteiger partial charge in [-0.15, -0.1) is 0 Å². The van der Waals surface area contributed by atoms with Crippen molar-refractivity contribution in [2.75, 3.05) is 27.2 Å². The second-order valence-electron chi connectivity index (χ2n) is 5.34. The normalized spacial score (nSPS) is 16.4. The van der Waals surface area contributed by atoms with E-state index in [1.54, 1.807) is 13.0 Å². The zero-order valence-electron chi connectivity index (χ0n) is 12.2. The molecule has 4 heteroatoms. The summed E-state index contributed by atoms with van der Waals surface area (Å²) < 4.78 is 13.8. The average Bonchev–Trinajstić information content (AvgIpc) is 2.31. The molecule has 0 amide bonds. The maximum absolute atomic E-state index is 13.8. The first-order chi connectivity index (χ1) is 8.95. The number of hydrogen-bond acceptors (Lipinski definition) is 3. The van der Waals surface area contributed by atoms with Crippen molar-refractivity contribution in [2.24, 2.45) is 5.92 Å². The Hall–Kier alpha value is -0.970. The van der Waals surface area contributed by atoms with Gasteiger partial charge < -0.3 is 15.3 Å². The predicted molar refractivity (Wildman–Crippen MR) is 76.5 cm³/mol. The minimum atomic E-state index is -0.348. The summed E-state index contributed by atoms with van der Waals surface area (Å²) >= 11 is 0. The Kier molecular flexibility index (Phi) is 6.42. The molecule has 108 valence electrons. The van der Waals surface area contributed by atoms with Crippen LogP contribution < -0.4 is 5.32 Å². The highest BCUT2D eigenvalue weighted by Gasteiger charge is 2.21. The van der Waals surface area contributed by atoms with E-state index in [1.165, 1.54) is 6.07 Å². The zero-order valence-corrected chi connectivity index (χ0v) is 12.2. The van der Waals surface area contributed by atoms with Gasteiger partial charge in [0.05, 0.1) is 6.10 Å². The molecule has 0 saturated carbocycles. The van der Waals surface area contributed by atoms with Crippen LogP contribution in [0.3, 0.4) is 0 Å². The van der Waals surface area contributed by atoms with E-state index in [4.69, 9.17) is 0 Å². The largest absolute Gasteiger partial charge is 0.392 e. The fraction of sp³-hybridized carbons (Fsp3) is 0.600. The molecule has 2 N–H and O–H groups in total. The molecule has 3 atom stereocenters. The second kappa shape index (κ2) is 7.58. The van der Waals surface area contributed by atoms with Gasteiger partial charge in [0.15, 0.2) is 0 Å². The van der Waals surface area contributed by atoms with Crippen LogP contribution in [0.5, 0.6) is 0 Å². The maximum atomic E-state index is 13.8. The third-order valence-electron chi connectivity index (χ3n) is 3.30. The molecule has 0 spiro atoms. The molecule has 0 aliphatic heterocycles. The van der Waals surface area contributed by atoms with Crippen molar-refractivity contribution in [1.29, 1.82) is 0 Å². The predicted octanol–water partition coefficient (Wildman–Crippen LogP) is 2.03. The lowest BCUT2D eigenvalue weighted by molar-refractivity contribution is 0.128. The third-order valence-corrected chi connectivity index (χ3v) is 3.30. The SMILES string of the molecule is CNC(c1ccccc1F)C(C)CN(C)CC(C)O. The van der Waals surface area contributed by atoms with Gasteiger partial charge in [-0.1, -0.05) is 25.1 Å². The molecule has 1 aromatic rings. The summed E-state index contributed by atoms with van der Waals surface area (Å²) in [5.41, 5.74) is 0.697. The lowest BCUT2D eigenvalue weighted by Crippen LogP contribution is -2.36. The fourth-order valence-corrected chi connectivity index (χ4v) is 2.60. The summed E-state index contributed by atoms with van der Waals surface area (Å²) in [6.07, 6.45) is -0.348. The van der Waals surface area contributed by atoms with E-state index in [0.717, 1.165) is 6.54 Å². The van der Waals surface area contributed by atoms with Crippen molar-refractivity contribution in [3.8, 4) is 0 Å². The number of aliphatic hydroxyl groups is 1. The van der Waals surface area contributed by atoms with Gasteiger partial charge in [-0.2, -0.15) is 0 Å². The first kappa shape index (κ1) is 16.1. The first-order valence-electron chi connectivity index (χ1n) is 6.74. The van der Waals surface area contributed by atoms with Crippen LogP contribution in [0.2, 0.25) is 0 Å². The van der Waals surface area contributed by atoms with Crippen LogP contribution >= 0.6 is 0 Å². The number of benzene rings is 1. The minimum Gasteiger partial charge on any atom is -0.392 e. The van der Waals surface area contributed by atoms with Crippen LogP contribution in [0.25, 0.3) is 0 Å². The number of rotatable bonds is 7. The summed E-state index contributed by atoms with van der Waals surface area (Å²) in [5, 5.41) is 12.6. The Morgan fingerprint density at radius 1 is 1.26 bits per heavy atom. The van der Waals surface area contributed by atoms with Crippen LogP contribution in [0, 0.1) is 11.7 Å². The number of nitrogens with one attached hydrogen (secondary N) is 1. The molecule has 19 heavy (non-hydrogen) atoms. The third kappa shape index (κ3) is 4.90. The highest BCUT2D eigenvalue weighted by molar-refractivity contribution is 5.21. The van der Waals surface area contributed by atoms with E-state index >= 15 is 0 Å². The van der Waals surface area contributed by atoms with Crippen LogP contribution in [0.1, 0.15) is 25.5 Å². The number of nitrogens with zero attached hydrogens (tertiary/aromatic N) is 1. The molecule has 1 aromatic carbocycles. The lowest BCUT2D eigenvalue weighted by Gasteiger charge is -2.29. The summed E-state index contributed by atoms with van der Waals surface area (Å²) in [7, 11) is 3.82. The van der Waals surface area contributed by atoms with Gasteiger partial charge in [0.1, 0.15) is 5.82 Å². The average molecular weight is 268 g/mol. The second-order valence-corrected chi connectivity index (χ2v) is 5.34. The molecule has 1 rings (SSSR count). The lowest BCUT2D eigenvalue weighted by atomic mass is 9.93. The minimum absolute atomic E-state index is 0.0300. The van der Waals surface area contributed by atoms with E-state index in [2.05, 4.69) is 17.1 Å². The van der Waals surface area contributed by atoms with Crippen LogP contribution in [0.15, 0.2) is 24.3 Å². The van der Waals surface area contributed by atoms with Gasteiger partial charge in [0, 0.05) is 24.7 Å². The van der Waals surface area contributed by atoms with Crippen LogP contribution in [-0.2, 0) is 0 Å². The smallest absolute Gasteiger partial charge is 0.127 e. The number of likely N-dealkylation sites (N-methyl/N-ethyl adjacent to an activating group) is 1. The Bertz CT molecular complexity index is 384. The maximum Gasteiger partial charge on any atom is 0.127 e. The molecular formula is C15H25FN2O. The highest BCUT2D eigenvalue weighted by atomic mass is 19.1. The molecule has 0 fully saturated rings. The molecule has 0 heterocycles. The molecular weight excluding hydrogens is 243 g/mol. The van der Waals surface area contributed by atoms with E-state index in [9.17, 15) is 9.50 Å². The van der Waals surface area contributed by atoms with Gasteiger partial charge in [-0.05, 0) is 33.0 Å². The summed E-state index contributed by atoms with van der Waals surface area (Å²) in [5.74, 6) is 0.0672.